The minimum atomic E-state index is -0.0418. The summed E-state index contributed by atoms with van der Waals surface area (Å²) in [4.78, 5) is 10.9. The van der Waals surface area contributed by atoms with E-state index < -0.39 is 0 Å². The molecule has 0 spiro atoms. The van der Waals surface area contributed by atoms with Gasteiger partial charge in [-0.15, -0.1) is 0 Å². The lowest BCUT2D eigenvalue weighted by molar-refractivity contribution is -0.116. The summed E-state index contributed by atoms with van der Waals surface area (Å²) in [7, 11) is 0. The molecule has 64 valence electrons. The average molecular weight is 227 g/mol. The van der Waals surface area contributed by atoms with Gasteiger partial charge in [0.1, 0.15) is 5.78 Å². The van der Waals surface area contributed by atoms with Gasteiger partial charge >= 0.3 is 0 Å². The summed E-state index contributed by atoms with van der Waals surface area (Å²) in [6.07, 6.45) is 0.774. The Morgan fingerprint density at radius 1 is 1.42 bits per heavy atom. The van der Waals surface area contributed by atoms with Crippen LogP contribution in [0.4, 0.5) is 0 Å². The molecule has 0 aliphatic rings. The molecule has 0 aromatic heterocycles. The van der Waals surface area contributed by atoms with Crippen molar-refractivity contribution in [2.45, 2.75) is 18.2 Å². The molecule has 0 saturated heterocycles. The number of ketones is 1. The van der Waals surface area contributed by atoms with Crippen molar-refractivity contribution in [1.82, 2.24) is 0 Å². The number of halogens is 1. The Balaban J connectivity index is 2.58. The predicted molar refractivity (Wildman–Crippen MR) is 53.5 cm³/mol. The van der Waals surface area contributed by atoms with E-state index in [1.54, 1.807) is 6.92 Å². The smallest absolute Gasteiger partial charge is 0.143 e. The molecule has 0 bridgehead atoms. The van der Waals surface area contributed by atoms with Crippen LogP contribution in [0.5, 0.6) is 0 Å². The Morgan fingerprint density at radius 2 is 2.00 bits per heavy atom. The summed E-state index contributed by atoms with van der Waals surface area (Å²) in [5.41, 5.74) is 1.19. The summed E-state index contributed by atoms with van der Waals surface area (Å²) in [6.45, 7) is 1.60. The topological polar surface area (TPSA) is 17.1 Å². The first-order valence-electron chi connectivity index (χ1n) is 3.88. The lowest BCUT2D eigenvalue weighted by Crippen LogP contribution is -2.12. The number of hydrogen-bond acceptors (Lipinski definition) is 1. The minimum Gasteiger partial charge on any atom is -0.299 e. The second kappa shape index (κ2) is 4.41. The Labute approximate surface area is 80.9 Å². The van der Waals surface area contributed by atoms with Crippen molar-refractivity contribution < 1.29 is 4.79 Å². The maximum absolute atomic E-state index is 10.9. The highest BCUT2D eigenvalue weighted by Gasteiger charge is 2.09. The summed E-state index contributed by atoms with van der Waals surface area (Å²) in [5, 5.41) is 0. The number of carbonyl (C=O) groups excluding carboxylic acids is 1. The van der Waals surface area contributed by atoms with E-state index in [1.807, 2.05) is 30.3 Å². The highest BCUT2D eigenvalue weighted by Crippen LogP contribution is 2.10. The van der Waals surface area contributed by atoms with Crippen molar-refractivity contribution in [1.29, 1.82) is 0 Å². The van der Waals surface area contributed by atoms with Gasteiger partial charge in [-0.05, 0) is 18.9 Å². The van der Waals surface area contributed by atoms with Crippen LogP contribution in [-0.2, 0) is 11.2 Å². The molecule has 0 radical (unpaired) electrons. The summed E-state index contributed by atoms with van der Waals surface area (Å²) in [5.74, 6) is 0.179. The number of rotatable bonds is 3. The maximum atomic E-state index is 10.9. The second-order valence-corrected chi connectivity index (χ2v) is 3.87. The second-order valence-electron chi connectivity index (χ2n) is 2.77. The lowest BCUT2D eigenvalue weighted by Gasteiger charge is -2.04. The number of alkyl halides is 1. The Morgan fingerprint density at radius 3 is 2.50 bits per heavy atom. The first-order chi connectivity index (χ1) is 5.70. The van der Waals surface area contributed by atoms with Crippen LogP contribution in [0.2, 0.25) is 0 Å². The van der Waals surface area contributed by atoms with E-state index in [9.17, 15) is 4.79 Å². The first-order valence-corrected chi connectivity index (χ1v) is 4.80. The van der Waals surface area contributed by atoms with Crippen LogP contribution in [0.3, 0.4) is 0 Å². The third-order valence-electron chi connectivity index (χ3n) is 1.70. The van der Waals surface area contributed by atoms with Crippen LogP contribution in [0, 0.1) is 0 Å². The molecule has 1 atom stereocenters. The van der Waals surface area contributed by atoms with E-state index in [2.05, 4.69) is 15.9 Å². The molecule has 1 nitrogen and oxygen atoms in total. The van der Waals surface area contributed by atoms with Crippen LogP contribution < -0.4 is 0 Å². The van der Waals surface area contributed by atoms with Crippen LogP contribution in [0.15, 0.2) is 30.3 Å². The van der Waals surface area contributed by atoms with Gasteiger partial charge < -0.3 is 0 Å². The lowest BCUT2D eigenvalue weighted by atomic mass is 10.1. The highest BCUT2D eigenvalue weighted by molar-refractivity contribution is 9.10. The predicted octanol–water partition coefficient (Wildman–Crippen LogP) is 2.58. The van der Waals surface area contributed by atoms with Gasteiger partial charge in [0.05, 0.1) is 4.83 Å². The highest BCUT2D eigenvalue weighted by atomic mass is 79.9. The zero-order valence-electron chi connectivity index (χ0n) is 6.96. The van der Waals surface area contributed by atoms with Gasteiger partial charge in [-0.3, -0.25) is 4.79 Å². The van der Waals surface area contributed by atoms with E-state index in [0.717, 1.165) is 6.42 Å². The maximum Gasteiger partial charge on any atom is 0.143 e. The molecule has 0 amide bonds. The normalized spacial score (nSPS) is 12.5. The molecule has 0 fully saturated rings. The Kier molecular flexibility index (Phi) is 3.48. The van der Waals surface area contributed by atoms with Crippen LogP contribution in [0.1, 0.15) is 12.5 Å². The summed E-state index contributed by atoms with van der Waals surface area (Å²) >= 11 is 3.33. The summed E-state index contributed by atoms with van der Waals surface area (Å²) in [6, 6.07) is 9.99. The van der Waals surface area contributed by atoms with E-state index in [1.165, 1.54) is 5.56 Å². The van der Waals surface area contributed by atoms with Crippen molar-refractivity contribution >= 4 is 21.7 Å². The fraction of sp³-hybridized carbons (Fsp3) is 0.300. The monoisotopic (exact) mass is 226 g/mol. The minimum absolute atomic E-state index is 0.0418. The van der Waals surface area contributed by atoms with E-state index in [4.69, 9.17) is 0 Å². The van der Waals surface area contributed by atoms with Gasteiger partial charge in [-0.1, -0.05) is 46.3 Å². The quantitative estimate of drug-likeness (QED) is 0.725. The van der Waals surface area contributed by atoms with Gasteiger partial charge in [0.25, 0.3) is 0 Å². The SMILES string of the molecule is CC(=O)[C@H](Br)Cc1ccccc1. The largest absolute Gasteiger partial charge is 0.299 e. The molecule has 0 heterocycles. The number of hydrogen-bond donors (Lipinski definition) is 0. The van der Waals surface area contributed by atoms with Gasteiger partial charge in [-0.2, -0.15) is 0 Å². The van der Waals surface area contributed by atoms with Crippen molar-refractivity contribution in [2.24, 2.45) is 0 Å². The molecular formula is C10H11BrO. The van der Waals surface area contributed by atoms with Crippen molar-refractivity contribution in [3.63, 3.8) is 0 Å². The molecule has 0 aliphatic heterocycles. The summed E-state index contributed by atoms with van der Waals surface area (Å²) < 4.78 is 0. The van der Waals surface area contributed by atoms with Crippen LogP contribution in [0.25, 0.3) is 0 Å². The Bertz CT molecular complexity index is 256. The zero-order chi connectivity index (χ0) is 8.97. The van der Waals surface area contributed by atoms with Crippen LogP contribution >= 0.6 is 15.9 Å². The first kappa shape index (κ1) is 9.46. The van der Waals surface area contributed by atoms with E-state index in [0.29, 0.717) is 0 Å². The molecule has 1 aromatic rings. The molecule has 0 N–H and O–H groups in total. The van der Waals surface area contributed by atoms with Gasteiger partial charge in [0.2, 0.25) is 0 Å². The average Bonchev–Trinajstić information content (AvgIpc) is 2.06. The standard InChI is InChI=1S/C10H11BrO/c1-8(12)10(11)7-9-5-3-2-4-6-9/h2-6,10H,7H2,1H3/t10-/m1/s1. The fourth-order valence-corrected chi connectivity index (χ4v) is 1.34. The van der Waals surface area contributed by atoms with E-state index in [-0.39, 0.29) is 10.6 Å². The van der Waals surface area contributed by atoms with Crippen molar-refractivity contribution in [3.05, 3.63) is 35.9 Å². The van der Waals surface area contributed by atoms with Crippen LogP contribution in [-0.4, -0.2) is 10.6 Å². The number of Topliss-reactive ketones (excluding diaryl/α,β-unsaturated/α-hetero) is 1. The molecule has 0 saturated carbocycles. The fourth-order valence-electron chi connectivity index (χ4n) is 0.965. The zero-order valence-corrected chi connectivity index (χ0v) is 8.54. The van der Waals surface area contributed by atoms with Crippen molar-refractivity contribution in [2.75, 3.05) is 0 Å². The Hall–Kier alpha value is -0.630. The molecule has 0 aliphatic carbocycles. The number of carbonyl (C=O) groups is 1. The molecule has 0 unspecified atom stereocenters. The number of benzene rings is 1. The van der Waals surface area contributed by atoms with Gasteiger partial charge in [0, 0.05) is 0 Å². The molecular weight excluding hydrogens is 216 g/mol. The van der Waals surface area contributed by atoms with Gasteiger partial charge in [-0.25, -0.2) is 0 Å². The third-order valence-corrected chi connectivity index (χ3v) is 2.67. The molecule has 2 heteroatoms. The molecule has 1 rings (SSSR count). The van der Waals surface area contributed by atoms with Gasteiger partial charge in [0.15, 0.2) is 0 Å². The third kappa shape index (κ3) is 2.78. The van der Waals surface area contributed by atoms with Crippen molar-refractivity contribution in [3.8, 4) is 0 Å². The molecule has 12 heavy (non-hydrogen) atoms. The molecule has 1 aromatic carbocycles. The van der Waals surface area contributed by atoms with E-state index >= 15 is 0 Å².